The number of amides is 2. The first-order valence-corrected chi connectivity index (χ1v) is 10.3. The van der Waals surface area contributed by atoms with Crippen molar-refractivity contribution in [2.45, 2.75) is 0 Å². The van der Waals surface area contributed by atoms with Crippen LogP contribution >= 0.6 is 34.5 Å². The van der Waals surface area contributed by atoms with Crippen LogP contribution in [0.25, 0.3) is 10.2 Å². The number of nitrogens with one attached hydrogen (secondary N) is 1. The predicted octanol–water partition coefficient (Wildman–Crippen LogP) is 4.97. The van der Waals surface area contributed by atoms with Crippen molar-refractivity contribution < 1.29 is 9.53 Å². The van der Waals surface area contributed by atoms with Crippen LogP contribution in [0.5, 0.6) is 5.75 Å². The molecule has 6 nitrogen and oxygen atoms in total. The smallest absolute Gasteiger partial charge is 0.321 e. The Morgan fingerprint density at radius 2 is 1.93 bits per heavy atom. The molecule has 0 bridgehead atoms. The van der Waals surface area contributed by atoms with Crippen molar-refractivity contribution in [2.24, 2.45) is 0 Å². The van der Waals surface area contributed by atoms with Gasteiger partial charge >= 0.3 is 6.03 Å². The summed E-state index contributed by atoms with van der Waals surface area (Å²) in [6.07, 6.45) is 0. The van der Waals surface area contributed by atoms with E-state index in [-0.39, 0.29) is 6.03 Å². The average molecular weight is 437 g/mol. The van der Waals surface area contributed by atoms with Gasteiger partial charge < -0.3 is 19.9 Å². The summed E-state index contributed by atoms with van der Waals surface area (Å²) in [5.74, 6) is 0.777. The van der Waals surface area contributed by atoms with Crippen LogP contribution in [-0.4, -0.2) is 49.2 Å². The van der Waals surface area contributed by atoms with Crippen molar-refractivity contribution in [1.29, 1.82) is 0 Å². The highest BCUT2D eigenvalue weighted by Gasteiger charge is 2.23. The summed E-state index contributed by atoms with van der Waals surface area (Å²) in [4.78, 5) is 21.2. The van der Waals surface area contributed by atoms with Gasteiger partial charge in [-0.15, -0.1) is 0 Å². The molecule has 2 amide bonds. The van der Waals surface area contributed by atoms with Crippen LogP contribution < -0.4 is 15.0 Å². The molecule has 1 saturated heterocycles. The average Bonchev–Trinajstić information content (AvgIpc) is 3.15. The lowest BCUT2D eigenvalue weighted by molar-refractivity contribution is 0.208. The second-order valence-electron chi connectivity index (χ2n) is 6.34. The molecule has 3 aromatic rings. The van der Waals surface area contributed by atoms with E-state index in [0.29, 0.717) is 28.8 Å². The molecule has 1 N–H and O–H groups in total. The third-order valence-electron chi connectivity index (χ3n) is 4.60. The molecule has 1 aliphatic rings. The second-order valence-corrected chi connectivity index (χ2v) is 8.16. The second kappa shape index (κ2) is 8.03. The summed E-state index contributed by atoms with van der Waals surface area (Å²) in [5.41, 5.74) is 1.50. The van der Waals surface area contributed by atoms with E-state index in [1.54, 1.807) is 41.5 Å². The van der Waals surface area contributed by atoms with Crippen LogP contribution in [0.4, 0.5) is 15.6 Å². The van der Waals surface area contributed by atoms with E-state index in [4.69, 9.17) is 32.9 Å². The number of hydrogen-bond donors (Lipinski definition) is 1. The fraction of sp³-hybridized carbons (Fsp3) is 0.263. The molecule has 0 aliphatic carbocycles. The number of hydrogen-bond acceptors (Lipinski definition) is 5. The van der Waals surface area contributed by atoms with E-state index in [1.807, 2.05) is 18.2 Å². The van der Waals surface area contributed by atoms with Crippen molar-refractivity contribution in [3.63, 3.8) is 0 Å². The lowest BCUT2D eigenvalue weighted by Crippen LogP contribution is -2.50. The van der Waals surface area contributed by atoms with E-state index < -0.39 is 0 Å². The minimum atomic E-state index is -0.149. The van der Waals surface area contributed by atoms with Gasteiger partial charge in [-0.25, -0.2) is 9.78 Å². The molecule has 4 rings (SSSR count). The first kappa shape index (κ1) is 19.1. The topological polar surface area (TPSA) is 57.7 Å². The molecule has 2 aromatic carbocycles. The van der Waals surface area contributed by atoms with E-state index in [0.717, 1.165) is 34.2 Å². The molecule has 0 atom stereocenters. The molecule has 1 aromatic heterocycles. The minimum Gasteiger partial charge on any atom is -0.494 e. The van der Waals surface area contributed by atoms with Gasteiger partial charge in [-0.1, -0.05) is 40.6 Å². The summed E-state index contributed by atoms with van der Waals surface area (Å²) in [6.45, 7) is 2.66. The van der Waals surface area contributed by atoms with Gasteiger partial charge in [0.1, 0.15) is 11.3 Å². The molecule has 146 valence electrons. The summed E-state index contributed by atoms with van der Waals surface area (Å²) < 4.78 is 6.49. The molecule has 28 heavy (non-hydrogen) atoms. The number of ether oxygens (including phenoxy) is 1. The zero-order chi connectivity index (χ0) is 19.7. The van der Waals surface area contributed by atoms with Gasteiger partial charge in [-0.05, 0) is 30.3 Å². The van der Waals surface area contributed by atoms with E-state index in [2.05, 4.69) is 10.2 Å². The largest absolute Gasteiger partial charge is 0.494 e. The Balaban J connectivity index is 1.40. The van der Waals surface area contributed by atoms with Gasteiger partial charge in [0.15, 0.2) is 5.13 Å². The number of nitrogens with zero attached hydrogens (tertiary/aromatic N) is 3. The molecule has 0 saturated carbocycles. The number of para-hydroxylation sites is 1. The van der Waals surface area contributed by atoms with Crippen LogP contribution in [0.3, 0.4) is 0 Å². The highest BCUT2D eigenvalue weighted by Crippen LogP contribution is 2.34. The Labute approximate surface area is 176 Å². The number of benzene rings is 2. The number of carbonyl (C=O) groups excluding carboxylic acids is 1. The minimum absolute atomic E-state index is 0.149. The maximum Gasteiger partial charge on any atom is 0.321 e. The molecule has 0 unspecified atom stereocenters. The number of methoxy groups -OCH3 is 1. The monoisotopic (exact) mass is 436 g/mol. The number of aromatic nitrogens is 1. The summed E-state index contributed by atoms with van der Waals surface area (Å²) in [5, 5.41) is 4.69. The normalized spacial score (nSPS) is 14.4. The van der Waals surface area contributed by atoms with Crippen LogP contribution in [0.15, 0.2) is 36.4 Å². The van der Waals surface area contributed by atoms with Gasteiger partial charge in [-0.3, -0.25) is 0 Å². The Hall–Kier alpha value is -2.22. The highest BCUT2D eigenvalue weighted by molar-refractivity contribution is 7.22. The Morgan fingerprint density at radius 3 is 2.64 bits per heavy atom. The quantitative estimate of drug-likeness (QED) is 0.629. The summed E-state index contributed by atoms with van der Waals surface area (Å²) in [7, 11) is 1.65. The molecule has 1 aliphatic heterocycles. The lowest BCUT2D eigenvalue weighted by Gasteiger charge is -2.34. The Morgan fingerprint density at radius 1 is 1.14 bits per heavy atom. The molecule has 2 heterocycles. The molecule has 1 fully saturated rings. The number of thiazole rings is 1. The molecular weight excluding hydrogens is 419 g/mol. The lowest BCUT2D eigenvalue weighted by atomic mass is 10.3. The summed E-state index contributed by atoms with van der Waals surface area (Å²) in [6, 6.07) is 10.8. The third kappa shape index (κ3) is 3.83. The molecule has 9 heteroatoms. The Kier molecular flexibility index (Phi) is 5.48. The van der Waals surface area contributed by atoms with E-state index in [1.165, 1.54) is 0 Å². The first-order valence-electron chi connectivity index (χ1n) is 8.74. The van der Waals surface area contributed by atoms with Crippen molar-refractivity contribution in [1.82, 2.24) is 9.88 Å². The Bertz CT molecular complexity index is 1020. The number of halogens is 2. The van der Waals surface area contributed by atoms with E-state index in [9.17, 15) is 4.79 Å². The fourth-order valence-electron chi connectivity index (χ4n) is 3.09. The number of urea groups is 1. The van der Waals surface area contributed by atoms with Crippen molar-refractivity contribution in [3.8, 4) is 5.75 Å². The van der Waals surface area contributed by atoms with Crippen molar-refractivity contribution >= 4 is 61.6 Å². The molecule has 0 radical (unpaired) electrons. The van der Waals surface area contributed by atoms with Gasteiger partial charge in [0, 0.05) is 31.9 Å². The maximum atomic E-state index is 12.5. The zero-order valence-electron chi connectivity index (χ0n) is 15.1. The third-order valence-corrected chi connectivity index (χ3v) is 6.42. The summed E-state index contributed by atoms with van der Waals surface area (Å²) >= 11 is 13.6. The number of rotatable bonds is 3. The van der Waals surface area contributed by atoms with Crippen LogP contribution in [0.1, 0.15) is 0 Å². The van der Waals surface area contributed by atoms with Crippen LogP contribution in [0.2, 0.25) is 10.0 Å². The van der Waals surface area contributed by atoms with Gasteiger partial charge in [0.05, 0.1) is 21.9 Å². The fourth-order valence-corrected chi connectivity index (χ4v) is 4.42. The molecule has 0 spiro atoms. The number of anilines is 2. The van der Waals surface area contributed by atoms with Gasteiger partial charge in [0.2, 0.25) is 0 Å². The SMILES string of the molecule is COc1cccc2sc(N3CCN(C(=O)Nc4ccc(Cl)c(Cl)c4)CC3)nc12. The van der Waals surface area contributed by atoms with Crippen LogP contribution in [0, 0.1) is 0 Å². The number of carbonyl (C=O) groups is 1. The van der Waals surface area contributed by atoms with E-state index >= 15 is 0 Å². The van der Waals surface area contributed by atoms with Crippen molar-refractivity contribution in [2.75, 3.05) is 43.5 Å². The van der Waals surface area contributed by atoms with Crippen LogP contribution in [-0.2, 0) is 0 Å². The van der Waals surface area contributed by atoms with Gasteiger partial charge in [0.25, 0.3) is 0 Å². The number of fused-ring (bicyclic) bond motifs is 1. The first-order chi connectivity index (χ1) is 13.5. The predicted molar refractivity (Wildman–Crippen MR) is 115 cm³/mol. The van der Waals surface area contributed by atoms with Crippen molar-refractivity contribution in [3.05, 3.63) is 46.4 Å². The molecular formula is C19H18Cl2N4O2S. The zero-order valence-corrected chi connectivity index (χ0v) is 17.4. The van der Waals surface area contributed by atoms with Gasteiger partial charge in [-0.2, -0.15) is 0 Å². The highest BCUT2D eigenvalue weighted by atomic mass is 35.5. The maximum absolute atomic E-state index is 12.5. The number of piperazine rings is 1. The standard InChI is InChI=1S/C19H18Cl2N4O2S/c1-27-15-3-2-4-16-17(15)23-19(28-16)25-9-7-24(8-10-25)18(26)22-12-5-6-13(20)14(21)11-12/h2-6,11H,7-10H2,1H3,(H,22,26).